The van der Waals surface area contributed by atoms with E-state index in [4.69, 9.17) is 0 Å². The third-order valence-corrected chi connectivity index (χ3v) is 8.22. The summed E-state index contributed by atoms with van der Waals surface area (Å²) in [6.07, 6.45) is 10.1. The Morgan fingerprint density at radius 2 is 1.94 bits per heavy atom. The Morgan fingerprint density at radius 1 is 1.15 bits per heavy atom. The lowest BCUT2D eigenvalue weighted by Gasteiger charge is -2.42. The Bertz CT molecular complexity index is 876. The fourth-order valence-corrected chi connectivity index (χ4v) is 5.99. The first-order chi connectivity index (χ1) is 16.4. The number of rotatable bonds is 3. The lowest BCUT2D eigenvalue weighted by atomic mass is 9.73. The predicted octanol–water partition coefficient (Wildman–Crippen LogP) is 1.53. The molecule has 3 aliphatic heterocycles. The molecule has 4 heterocycles. The normalized spacial score (nSPS) is 26.7. The first-order valence-electron chi connectivity index (χ1n) is 13.0. The SMILES string of the molecule is CCn1ccnc1CN1CCC2(CCCC[C@H]3CN(C(C)=O)CC[C@H]3NC(=O)CNC2=O)CC1. The molecular weight excluding hydrogens is 432 g/mol. The number of nitrogens with one attached hydrogen (secondary N) is 2. The number of aryl methyl sites for hydroxylation is 1. The number of likely N-dealkylation sites (tertiary alicyclic amines) is 2. The largest absolute Gasteiger partial charge is 0.351 e. The number of carbonyl (C=O) groups is 3. The van der Waals surface area contributed by atoms with Crippen LogP contribution in [0, 0.1) is 11.3 Å². The summed E-state index contributed by atoms with van der Waals surface area (Å²) in [5.41, 5.74) is -0.409. The van der Waals surface area contributed by atoms with E-state index < -0.39 is 5.41 Å². The van der Waals surface area contributed by atoms with Gasteiger partial charge in [0.15, 0.2) is 0 Å². The smallest absolute Gasteiger partial charge is 0.239 e. The van der Waals surface area contributed by atoms with Gasteiger partial charge in [0.05, 0.1) is 18.5 Å². The molecule has 34 heavy (non-hydrogen) atoms. The zero-order valence-electron chi connectivity index (χ0n) is 20.7. The van der Waals surface area contributed by atoms with Gasteiger partial charge in [0.2, 0.25) is 17.7 Å². The lowest BCUT2D eigenvalue weighted by Crippen LogP contribution is -2.55. The number of hydrogen-bond donors (Lipinski definition) is 2. The second-order valence-electron chi connectivity index (χ2n) is 10.3. The van der Waals surface area contributed by atoms with Gasteiger partial charge in [0, 0.05) is 45.0 Å². The molecule has 188 valence electrons. The van der Waals surface area contributed by atoms with Crippen LogP contribution in [0.4, 0.5) is 0 Å². The summed E-state index contributed by atoms with van der Waals surface area (Å²) in [6, 6.07) is 0.0762. The van der Waals surface area contributed by atoms with Gasteiger partial charge in [-0.1, -0.05) is 12.8 Å². The van der Waals surface area contributed by atoms with Crippen LogP contribution in [0.2, 0.25) is 0 Å². The minimum Gasteiger partial charge on any atom is -0.351 e. The van der Waals surface area contributed by atoms with E-state index in [0.29, 0.717) is 13.1 Å². The summed E-state index contributed by atoms with van der Waals surface area (Å²) in [5, 5.41) is 6.10. The fraction of sp³-hybridized carbons (Fsp3) is 0.760. The fourth-order valence-electron chi connectivity index (χ4n) is 5.99. The Hall–Kier alpha value is -2.42. The molecule has 0 unspecified atom stereocenters. The predicted molar refractivity (Wildman–Crippen MR) is 129 cm³/mol. The van der Waals surface area contributed by atoms with E-state index in [2.05, 4.69) is 32.0 Å². The number of hydrogen-bond acceptors (Lipinski definition) is 5. The minimum absolute atomic E-state index is 0.0257. The highest BCUT2D eigenvalue weighted by Crippen LogP contribution is 2.38. The maximum Gasteiger partial charge on any atom is 0.239 e. The number of piperidine rings is 2. The van der Waals surface area contributed by atoms with E-state index in [1.54, 1.807) is 6.92 Å². The maximum atomic E-state index is 13.3. The molecule has 0 saturated carbocycles. The molecule has 1 aromatic rings. The summed E-state index contributed by atoms with van der Waals surface area (Å²) in [5.74, 6) is 1.35. The van der Waals surface area contributed by atoms with E-state index in [9.17, 15) is 14.4 Å². The second-order valence-corrected chi connectivity index (χ2v) is 10.3. The molecule has 9 nitrogen and oxygen atoms in total. The molecule has 3 saturated heterocycles. The number of imidazole rings is 1. The molecule has 0 bridgehead atoms. The van der Waals surface area contributed by atoms with Crippen molar-refractivity contribution < 1.29 is 14.4 Å². The first-order valence-corrected chi connectivity index (χ1v) is 13.0. The van der Waals surface area contributed by atoms with Gasteiger partial charge in [-0.3, -0.25) is 19.3 Å². The van der Waals surface area contributed by atoms with E-state index >= 15 is 0 Å². The first kappa shape index (κ1) is 24.7. The Balaban J connectivity index is 1.38. The highest BCUT2D eigenvalue weighted by atomic mass is 16.2. The van der Waals surface area contributed by atoms with Crippen LogP contribution < -0.4 is 10.6 Å². The standard InChI is InChI=1S/C25H40N6O3/c1-3-30-15-11-26-22(30)18-29-13-9-25(10-14-29)8-5-4-6-20-17-31(19(2)32)12-7-21(20)28-23(33)16-27-24(25)34/h11,15,20-21H,3-10,12-14,16-18H2,1-2H3,(H,27,34)(H,28,33)/t20-,21+/m0/s1. The summed E-state index contributed by atoms with van der Waals surface area (Å²) >= 11 is 0. The van der Waals surface area contributed by atoms with Crippen molar-refractivity contribution in [3.05, 3.63) is 18.2 Å². The quantitative estimate of drug-likeness (QED) is 0.695. The highest BCUT2D eigenvalue weighted by molar-refractivity contribution is 5.88. The zero-order chi connectivity index (χ0) is 24.1. The van der Waals surface area contributed by atoms with Crippen molar-refractivity contribution in [2.75, 3.05) is 32.7 Å². The van der Waals surface area contributed by atoms with E-state index in [0.717, 1.165) is 76.9 Å². The van der Waals surface area contributed by atoms with Crippen molar-refractivity contribution in [2.45, 2.75) is 77.9 Å². The van der Waals surface area contributed by atoms with Crippen LogP contribution in [0.5, 0.6) is 0 Å². The van der Waals surface area contributed by atoms with Crippen LogP contribution >= 0.6 is 0 Å². The van der Waals surface area contributed by atoms with Crippen molar-refractivity contribution in [3.8, 4) is 0 Å². The molecule has 3 fully saturated rings. The molecule has 3 aliphatic rings. The highest BCUT2D eigenvalue weighted by Gasteiger charge is 2.41. The average Bonchev–Trinajstić information content (AvgIpc) is 3.28. The topological polar surface area (TPSA) is 99.6 Å². The third kappa shape index (κ3) is 5.62. The summed E-state index contributed by atoms with van der Waals surface area (Å²) in [7, 11) is 0. The number of aromatic nitrogens is 2. The van der Waals surface area contributed by atoms with Gasteiger partial charge in [-0.05, 0) is 58.0 Å². The molecule has 0 aromatic carbocycles. The Labute approximate surface area is 202 Å². The number of nitrogens with zero attached hydrogens (tertiary/aromatic N) is 4. The van der Waals surface area contributed by atoms with Crippen molar-refractivity contribution in [1.82, 2.24) is 30.0 Å². The molecular formula is C25H40N6O3. The summed E-state index contributed by atoms with van der Waals surface area (Å²) in [6.45, 7) is 8.58. The molecule has 3 amide bonds. The number of carbonyl (C=O) groups excluding carboxylic acids is 3. The van der Waals surface area contributed by atoms with Crippen molar-refractivity contribution >= 4 is 17.7 Å². The molecule has 1 spiro atoms. The van der Waals surface area contributed by atoms with Gasteiger partial charge < -0.3 is 20.1 Å². The summed E-state index contributed by atoms with van der Waals surface area (Å²) < 4.78 is 2.16. The Kier molecular flexibility index (Phi) is 7.91. The molecule has 2 N–H and O–H groups in total. The van der Waals surface area contributed by atoms with Gasteiger partial charge in [0.25, 0.3) is 0 Å². The van der Waals surface area contributed by atoms with Crippen LogP contribution in [0.15, 0.2) is 12.4 Å². The van der Waals surface area contributed by atoms with Crippen molar-refractivity contribution in [2.24, 2.45) is 11.3 Å². The van der Waals surface area contributed by atoms with Crippen LogP contribution in [0.25, 0.3) is 0 Å². The molecule has 1 aromatic heterocycles. The van der Waals surface area contributed by atoms with E-state index in [1.807, 2.05) is 17.3 Å². The number of fused-ring (bicyclic) bond motifs is 1. The Morgan fingerprint density at radius 3 is 2.68 bits per heavy atom. The molecule has 0 aliphatic carbocycles. The molecule has 4 rings (SSSR count). The zero-order valence-corrected chi connectivity index (χ0v) is 20.7. The molecule has 9 heteroatoms. The van der Waals surface area contributed by atoms with Gasteiger partial charge >= 0.3 is 0 Å². The van der Waals surface area contributed by atoms with Gasteiger partial charge in [0.1, 0.15) is 5.82 Å². The van der Waals surface area contributed by atoms with Gasteiger partial charge in [-0.25, -0.2) is 4.98 Å². The monoisotopic (exact) mass is 472 g/mol. The van der Waals surface area contributed by atoms with Crippen LogP contribution in [0.1, 0.15) is 64.6 Å². The minimum atomic E-state index is -0.409. The van der Waals surface area contributed by atoms with Gasteiger partial charge in [-0.15, -0.1) is 0 Å². The second kappa shape index (κ2) is 10.9. The van der Waals surface area contributed by atoms with E-state index in [1.165, 1.54) is 0 Å². The van der Waals surface area contributed by atoms with Crippen LogP contribution in [0.3, 0.4) is 0 Å². The van der Waals surface area contributed by atoms with Crippen LogP contribution in [-0.4, -0.2) is 75.8 Å². The van der Waals surface area contributed by atoms with Crippen molar-refractivity contribution in [1.29, 1.82) is 0 Å². The lowest BCUT2D eigenvalue weighted by molar-refractivity contribution is -0.137. The van der Waals surface area contributed by atoms with Gasteiger partial charge in [-0.2, -0.15) is 0 Å². The maximum absolute atomic E-state index is 13.3. The molecule has 0 radical (unpaired) electrons. The molecule has 2 atom stereocenters. The average molecular weight is 473 g/mol. The summed E-state index contributed by atoms with van der Waals surface area (Å²) in [4.78, 5) is 46.6. The van der Waals surface area contributed by atoms with Crippen LogP contribution in [-0.2, 0) is 27.5 Å². The number of amides is 3. The third-order valence-electron chi connectivity index (χ3n) is 8.22. The van der Waals surface area contributed by atoms with E-state index in [-0.39, 0.29) is 36.2 Å². The van der Waals surface area contributed by atoms with Crippen molar-refractivity contribution in [3.63, 3.8) is 0 Å².